The molecule has 0 aromatic rings. The lowest BCUT2D eigenvalue weighted by atomic mass is 10.0. The normalized spacial score (nSPS) is 13.8. The highest BCUT2D eigenvalue weighted by atomic mass is 31.2. The van der Waals surface area contributed by atoms with Crippen molar-refractivity contribution in [2.75, 3.05) is 40.9 Å². The zero-order chi connectivity index (χ0) is 56.4. The Balaban J connectivity index is 4.95. The van der Waals surface area contributed by atoms with Crippen LogP contribution in [0.5, 0.6) is 0 Å². The van der Waals surface area contributed by atoms with Gasteiger partial charge in [-0.1, -0.05) is 269 Å². The number of unbranched alkanes of at least 4 members (excludes halogenated alkanes) is 41. The van der Waals surface area contributed by atoms with E-state index in [1.165, 1.54) is 225 Å². The van der Waals surface area contributed by atoms with Gasteiger partial charge >= 0.3 is 5.97 Å². The fraction of sp³-hybridized carbons (Fsp3) is 0.881. The van der Waals surface area contributed by atoms with Gasteiger partial charge in [0, 0.05) is 12.8 Å². The molecule has 10 heteroatoms. The van der Waals surface area contributed by atoms with Crippen LogP contribution in [0.3, 0.4) is 0 Å². The fourth-order valence-corrected chi connectivity index (χ4v) is 10.6. The summed E-state index contributed by atoms with van der Waals surface area (Å²) < 4.78 is 30.3. The maximum atomic E-state index is 13.5. The number of likely N-dealkylation sites (N-methyl/N-ethyl adjacent to an activating group) is 1. The number of quaternary nitrogens is 1. The number of amides is 1. The minimum absolute atomic E-state index is 0.0227. The molecule has 0 bridgehead atoms. The molecule has 0 saturated heterocycles. The first kappa shape index (κ1) is 75.2. The van der Waals surface area contributed by atoms with Gasteiger partial charge in [0.15, 0.2) is 0 Å². The standard InChI is InChI=1S/C67H129N2O7P/c1-7-10-13-16-19-22-25-27-28-29-30-31-32-33-34-35-36-37-38-39-40-42-45-48-51-54-57-60-67(71)76-65(58-55-52-49-46-43-24-21-18-15-12-9-3)64(63-75-77(72,73)74-62-61-69(4,5)6)68-66(70)59-56-53-50-47-44-41-26-23-20-17-14-11-8-2/h27-28,41,44,55,58,64-65H,7-26,29-40,42-43,45-54,56-57,59-63H2,1-6H3,(H-,68,70,72,73)/b28-27+,44-41-,58-55-. The first-order valence-electron chi connectivity index (χ1n) is 33.3. The lowest BCUT2D eigenvalue weighted by molar-refractivity contribution is -0.870. The molecule has 0 radical (unpaired) electrons. The van der Waals surface area contributed by atoms with Gasteiger partial charge in [0.2, 0.25) is 5.91 Å². The summed E-state index contributed by atoms with van der Waals surface area (Å²) in [4.78, 5) is 39.9. The Labute approximate surface area is 478 Å². The highest BCUT2D eigenvalue weighted by molar-refractivity contribution is 7.45. The number of ether oxygens (including phenoxy) is 1. The van der Waals surface area contributed by atoms with Crippen LogP contribution in [0.1, 0.15) is 329 Å². The van der Waals surface area contributed by atoms with E-state index >= 15 is 0 Å². The number of phosphoric ester groups is 1. The van der Waals surface area contributed by atoms with Crippen LogP contribution in [0.2, 0.25) is 0 Å². The molecule has 0 fully saturated rings. The van der Waals surface area contributed by atoms with E-state index in [1.807, 2.05) is 33.3 Å². The van der Waals surface area contributed by atoms with Gasteiger partial charge in [0.05, 0.1) is 33.8 Å². The predicted octanol–water partition coefficient (Wildman–Crippen LogP) is 20.0. The number of carbonyl (C=O) groups excluding carboxylic acids is 2. The van der Waals surface area contributed by atoms with E-state index in [4.69, 9.17) is 13.8 Å². The third kappa shape index (κ3) is 58.7. The van der Waals surface area contributed by atoms with E-state index < -0.39 is 26.6 Å². The maximum Gasteiger partial charge on any atom is 0.306 e. The smallest absolute Gasteiger partial charge is 0.306 e. The van der Waals surface area contributed by atoms with Crippen molar-refractivity contribution in [3.8, 4) is 0 Å². The SMILES string of the molecule is CCCCCCCC/C=C\CCCCCC(=O)NC(COP(=O)([O-])OCC[N+](C)(C)C)C(/C=C\CCCCCCCCCCC)OC(=O)CCCCCCCCCCCCCCCCCCC/C=C/CCCCCCCC. The van der Waals surface area contributed by atoms with Crippen LogP contribution in [0.4, 0.5) is 0 Å². The zero-order valence-electron chi connectivity index (χ0n) is 51.9. The number of rotatable bonds is 61. The summed E-state index contributed by atoms with van der Waals surface area (Å²) in [5, 5.41) is 3.02. The van der Waals surface area contributed by atoms with Crippen LogP contribution in [-0.4, -0.2) is 69.4 Å². The van der Waals surface area contributed by atoms with E-state index in [-0.39, 0.29) is 24.9 Å². The van der Waals surface area contributed by atoms with E-state index in [0.29, 0.717) is 17.4 Å². The minimum atomic E-state index is -4.70. The molecular formula is C67H129N2O7P. The van der Waals surface area contributed by atoms with Crippen LogP contribution < -0.4 is 10.2 Å². The third-order valence-electron chi connectivity index (χ3n) is 15.0. The molecule has 77 heavy (non-hydrogen) atoms. The monoisotopic (exact) mass is 1100 g/mol. The summed E-state index contributed by atoms with van der Waals surface area (Å²) in [5.74, 6) is -0.547. The lowest BCUT2D eigenvalue weighted by Crippen LogP contribution is -2.47. The largest absolute Gasteiger partial charge is 0.756 e. The highest BCUT2D eigenvalue weighted by Crippen LogP contribution is 2.38. The van der Waals surface area contributed by atoms with Crippen molar-refractivity contribution >= 4 is 19.7 Å². The van der Waals surface area contributed by atoms with Gasteiger partial charge in [-0.3, -0.25) is 14.2 Å². The Morgan fingerprint density at radius 2 is 0.753 bits per heavy atom. The Kier molecular flexibility index (Phi) is 56.1. The van der Waals surface area contributed by atoms with Gasteiger partial charge < -0.3 is 28.5 Å². The van der Waals surface area contributed by atoms with Crippen LogP contribution in [0.25, 0.3) is 0 Å². The quantitative estimate of drug-likeness (QED) is 0.0212. The number of hydrogen-bond acceptors (Lipinski definition) is 7. The number of nitrogens with one attached hydrogen (secondary N) is 1. The maximum absolute atomic E-state index is 13.5. The molecule has 0 aromatic carbocycles. The summed E-state index contributed by atoms with van der Waals surface area (Å²) >= 11 is 0. The average molecular weight is 1110 g/mol. The van der Waals surface area contributed by atoms with E-state index in [1.54, 1.807) is 0 Å². The van der Waals surface area contributed by atoms with Crippen molar-refractivity contribution in [1.29, 1.82) is 0 Å². The first-order valence-corrected chi connectivity index (χ1v) is 34.8. The second kappa shape index (κ2) is 57.5. The number of phosphoric acid groups is 1. The lowest BCUT2D eigenvalue weighted by Gasteiger charge is -2.30. The Morgan fingerprint density at radius 1 is 0.442 bits per heavy atom. The van der Waals surface area contributed by atoms with Gasteiger partial charge in [-0.25, -0.2) is 0 Å². The van der Waals surface area contributed by atoms with Crippen molar-refractivity contribution in [1.82, 2.24) is 5.32 Å². The van der Waals surface area contributed by atoms with Crippen molar-refractivity contribution < 1.29 is 37.3 Å². The molecule has 1 amide bonds. The molecule has 0 rings (SSSR count). The molecule has 454 valence electrons. The van der Waals surface area contributed by atoms with Gasteiger partial charge in [-0.05, 0) is 83.1 Å². The second-order valence-electron chi connectivity index (χ2n) is 24.0. The summed E-state index contributed by atoms with van der Waals surface area (Å²) in [5.41, 5.74) is 0. The molecule has 0 spiro atoms. The molecular weight excluding hydrogens is 976 g/mol. The summed E-state index contributed by atoms with van der Waals surface area (Å²) in [6.07, 6.45) is 69.9. The van der Waals surface area contributed by atoms with Crippen molar-refractivity contribution in [2.45, 2.75) is 341 Å². The number of esters is 1. The van der Waals surface area contributed by atoms with Crippen LogP contribution >= 0.6 is 7.82 Å². The number of hydrogen-bond donors (Lipinski definition) is 1. The third-order valence-corrected chi connectivity index (χ3v) is 16.0. The Morgan fingerprint density at radius 3 is 1.12 bits per heavy atom. The van der Waals surface area contributed by atoms with Gasteiger partial charge in [-0.2, -0.15) is 0 Å². The summed E-state index contributed by atoms with van der Waals surface area (Å²) in [7, 11) is 1.19. The summed E-state index contributed by atoms with van der Waals surface area (Å²) in [6.45, 7) is 6.85. The molecule has 0 aliphatic rings. The molecule has 0 heterocycles. The van der Waals surface area contributed by atoms with Crippen LogP contribution in [0.15, 0.2) is 36.5 Å². The number of carbonyl (C=O) groups is 2. The molecule has 0 aliphatic heterocycles. The minimum Gasteiger partial charge on any atom is -0.756 e. The highest BCUT2D eigenvalue weighted by Gasteiger charge is 2.27. The first-order chi connectivity index (χ1) is 37.4. The Hall–Kier alpha value is -1.77. The topological polar surface area (TPSA) is 114 Å². The van der Waals surface area contributed by atoms with Gasteiger partial charge in [-0.15, -0.1) is 0 Å². The van der Waals surface area contributed by atoms with Crippen molar-refractivity contribution in [3.05, 3.63) is 36.5 Å². The van der Waals surface area contributed by atoms with E-state index in [0.717, 1.165) is 70.6 Å². The van der Waals surface area contributed by atoms with Gasteiger partial charge in [0.25, 0.3) is 7.82 Å². The van der Waals surface area contributed by atoms with Crippen molar-refractivity contribution in [2.24, 2.45) is 0 Å². The van der Waals surface area contributed by atoms with Crippen LogP contribution in [-0.2, 0) is 27.9 Å². The number of allylic oxidation sites excluding steroid dienone is 5. The molecule has 3 atom stereocenters. The molecule has 0 aromatic heterocycles. The predicted molar refractivity (Wildman–Crippen MR) is 330 cm³/mol. The molecule has 3 unspecified atom stereocenters. The molecule has 9 nitrogen and oxygen atoms in total. The van der Waals surface area contributed by atoms with E-state index in [9.17, 15) is 19.0 Å². The zero-order valence-corrected chi connectivity index (χ0v) is 52.8. The summed E-state index contributed by atoms with van der Waals surface area (Å²) in [6, 6.07) is -0.892. The van der Waals surface area contributed by atoms with Gasteiger partial charge in [0.1, 0.15) is 19.3 Å². The van der Waals surface area contributed by atoms with Crippen molar-refractivity contribution in [3.63, 3.8) is 0 Å². The van der Waals surface area contributed by atoms with E-state index in [2.05, 4.69) is 50.4 Å². The average Bonchev–Trinajstić information content (AvgIpc) is 3.39. The molecule has 1 N–H and O–H groups in total. The second-order valence-corrected chi connectivity index (χ2v) is 25.4. The van der Waals surface area contributed by atoms with Crippen LogP contribution in [0, 0.1) is 0 Å². The molecule has 0 aliphatic carbocycles. The molecule has 0 saturated carbocycles. The Bertz CT molecular complexity index is 1410. The fourth-order valence-electron chi connectivity index (χ4n) is 9.87. The number of nitrogens with zero attached hydrogens (tertiary/aromatic N) is 1.